The van der Waals surface area contributed by atoms with Crippen LogP contribution in [0.15, 0.2) is 22.7 Å². The third-order valence-electron chi connectivity index (χ3n) is 2.59. The molecule has 5 heteroatoms. The van der Waals surface area contributed by atoms with Crippen molar-refractivity contribution < 1.29 is 9.53 Å². The van der Waals surface area contributed by atoms with E-state index in [1.54, 1.807) is 0 Å². The van der Waals surface area contributed by atoms with E-state index in [-0.39, 0.29) is 6.04 Å². The predicted octanol–water partition coefficient (Wildman–Crippen LogP) is 3.15. The summed E-state index contributed by atoms with van der Waals surface area (Å²) in [5, 5.41) is 2.81. The Morgan fingerprint density at radius 1 is 1.40 bits per heavy atom. The number of halogens is 1. The van der Waals surface area contributed by atoms with E-state index >= 15 is 0 Å². The monoisotopic (exact) mass is 342 g/mol. The molecule has 0 aliphatic carbocycles. The number of nitrogens with two attached hydrogens (primary N) is 1. The molecule has 4 nitrogen and oxygen atoms in total. The molecular weight excluding hydrogens is 320 g/mol. The zero-order chi connectivity index (χ0) is 15.3. The smallest absolute Gasteiger partial charge is 0.407 e. The van der Waals surface area contributed by atoms with Crippen molar-refractivity contribution in [2.24, 2.45) is 5.73 Å². The molecule has 0 saturated carbocycles. The van der Waals surface area contributed by atoms with Gasteiger partial charge in [-0.05, 0) is 57.4 Å². The Labute approximate surface area is 129 Å². The van der Waals surface area contributed by atoms with Crippen LogP contribution in [0.1, 0.15) is 31.9 Å². The van der Waals surface area contributed by atoms with Gasteiger partial charge in [-0.1, -0.05) is 22.0 Å². The van der Waals surface area contributed by atoms with Crippen LogP contribution >= 0.6 is 15.9 Å². The van der Waals surface area contributed by atoms with Crippen LogP contribution in [-0.4, -0.2) is 24.3 Å². The highest BCUT2D eigenvalue weighted by Gasteiger charge is 2.19. The molecule has 1 unspecified atom stereocenters. The summed E-state index contributed by atoms with van der Waals surface area (Å²) in [6.45, 7) is 7.91. The van der Waals surface area contributed by atoms with Crippen molar-refractivity contribution in [3.8, 4) is 0 Å². The fraction of sp³-hybridized carbons (Fsp3) is 0.533. The van der Waals surface area contributed by atoms with Gasteiger partial charge in [0.25, 0.3) is 0 Å². The van der Waals surface area contributed by atoms with Crippen molar-refractivity contribution in [2.45, 2.75) is 45.8 Å². The van der Waals surface area contributed by atoms with Crippen molar-refractivity contribution in [2.75, 3.05) is 6.54 Å². The molecule has 1 aromatic rings. The quantitative estimate of drug-likeness (QED) is 0.883. The van der Waals surface area contributed by atoms with E-state index in [9.17, 15) is 4.79 Å². The molecule has 0 aliphatic heterocycles. The van der Waals surface area contributed by atoms with Crippen molar-refractivity contribution >= 4 is 22.0 Å². The van der Waals surface area contributed by atoms with E-state index < -0.39 is 11.7 Å². The molecule has 0 saturated heterocycles. The van der Waals surface area contributed by atoms with E-state index in [1.165, 1.54) is 5.56 Å². The van der Waals surface area contributed by atoms with Crippen LogP contribution in [0.25, 0.3) is 0 Å². The first kappa shape index (κ1) is 17.0. The third-order valence-corrected chi connectivity index (χ3v) is 3.05. The molecule has 0 bridgehead atoms. The minimum atomic E-state index is -0.504. The van der Waals surface area contributed by atoms with E-state index in [4.69, 9.17) is 10.5 Å². The Bertz CT molecular complexity index is 449. The molecule has 0 aliphatic rings. The van der Waals surface area contributed by atoms with Gasteiger partial charge in [0.1, 0.15) is 5.60 Å². The molecule has 3 N–H and O–H groups in total. The first-order valence-electron chi connectivity index (χ1n) is 6.65. The minimum absolute atomic E-state index is 0.140. The summed E-state index contributed by atoms with van der Waals surface area (Å²) in [4.78, 5) is 11.8. The lowest BCUT2D eigenvalue weighted by molar-refractivity contribution is 0.0506. The fourth-order valence-corrected chi connectivity index (χ4v) is 2.54. The van der Waals surface area contributed by atoms with Crippen LogP contribution in [0.5, 0.6) is 0 Å². The largest absolute Gasteiger partial charge is 0.444 e. The number of alkyl carbamates (subject to hydrolysis) is 1. The fourth-order valence-electron chi connectivity index (χ4n) is 1.88. The summed E-state index contributed by atoms with van der Waals surface area (Å²) in [6.07, 6.45) is 0.246. The van der Waals surface area contributed by atoms with Gasteiger partial charge >= 0.3 is 6.09 Å². The van der Waals surface area contributed by atoms with Gasteiger partial charge in [0.05, 0.1) is 0 Å². The zero-order valence-corrected chi connectivity index (χ0v) is 14.1. The number of ether oxygens (including phenoxy) is 1. The van der Waals surface area contributed by atoms with Crippen molar-refractivity contribution in [3.63, 3.8) is 0 Å². The first-order chi connectivity index (χ1) is 9.19. The molecule has 1 rings (SSSR count). The summed E-state index contributed by atoms with van der Waals surface area (Å²) in [5.41, 5.74) is 7.52. The highest BCUT2D eigenvalue weighted by atomic mass is 79.9. The van der Waals surface area contributed by atoms with E-state index in [1.807, 2.05) is 39.8 Å². The highest BCUT2D eigenvalue weighted by molar-refractivity contribution is 9.10. The predicted molar refractivity (Wildman–Crippen MR) is 84.8 cm³/mol. The Hall–Kier alpha value is -1.07. The van der Waals surface area contributed by atoms with Crippen molar-refractivity contribution in [1.82, 2.24) is 5.32 Å². The van der Waals surface area contributed by atoms with E-state index in [0.717, 1.165) is 10.0 Å². The number of aryl methyl sites for hydroxylation is 1. The molecule has 1 atom stereocenters. The van der Waals surface area contributed by atoms with Gasteiger partial charge in [-0.2, -0.15) is 0 Å². The van der Waals surface area contributed by atoms with Gasteiger partial charge in [0.2, 0.25) is 0 Å². The Morgan fingerprint density at radius 3 is 2.55 bits per heavy atom. The second-order valence-corrected chi connectivity index (χ2v) is 6.84. The Balaban J connectivity index is 2.65. The highest BCUT2D eigenvalue weighted by Crippen LogP contribution is 2.16. The number of amides is 1. The lowest BCUT2D eigenvalue weighted by Gasteiger charge is -2.23. The van der Waals surface area contributed by atoms with Gasteiger partial charge in [0.15, 0.2) is 0 Å². The number of hydrogen-bond acceptors (Lipinski definition) is 3. The average Bonchev–Trinajstić information content (AvgIpc) is 2.23. The number of carbonyl (C=O) groups excluding carboxylic acids is 1. The Kier molecular flexibility index (Phi) is 6.02. The summed E-state index contributed by atoms with van der Waals surface area (Å²) in [7, 11) is 0. The summed E-state index contributed by atoms with van der Waals surface area (Å²) >= 11 is 3.47. The van der Waals surface area contributed by atoms with Crippen LogP contribution in [0, 0.1) is 6.92 Å². The van der Waals surface area contributed by atoms with E-state index in [0.29, 0.717) is 13.0 Å². The molecule has 1 amide bonds. The van der Waals surface area contributed by atoms with Crippen LogP contribution in [-0.2, 0) is 11.2 Å². The van der Waals surface area contributed by atoms with E-state index in [2.05, 4.69) is 27.3 Å². The molecule has 0 aromatic heterocycles. The maximum Gasteiger partial charge on any atom is 0.407 e. The normalized spacial score (nSPS) is 12.9. The summed E-state index contributed by atoms with van der Waals surface area (Å²) < 4.78 is 6.27. The molecule has 1 aromatic carbocycles. The van der Waals surface area contributed by atoms with Gasteiger partial charge in [-0.15, -0.1) is 0 Å². The summed E-state index contributed by atoms with van der Waals surface area (Å²) in [5.74, 6) is 0. The van der Waals surface area contributed by atoms with Crippen LogP contribution in [0.4, 0.5) is 4.79 Å². The molecule has 0 spiro atoms. The number of carbonyl (C=O) groups is 1. The maximum absolute atomic E-state index is 11.8. The van der Waals surface area contributed by atoms with Crippen LogP contribution < -0.4 is 11.1 Å². The van der Waals surface area contributed by atoms with Crippen molar-refractivity contribution in [1.29, 1.82) is 0 Å². The minimum Gasteiger partial charge on any atom is -0.444 e. The molecule has 112 valence electrons. The first-order valence-corrected chi connectivity index (χ1v) is 7.44. The van der Waals surface area contributed by atoms with Gasteiger partial charge in [-0.3, -0.25) is 0 Å². The van der Waals surface area contributed by atoms with Gasteiger partial charge < -0.3 is 15.8 Å². The number of benzene rings is 1. The lowest BCUT2D eigenvalue weighted by Crippen LogP contribution is -2.44. The second kappa shape index (κ2) is 7.09. The molecule has 0 radical (unpaired) electrons. The zero-order valence-electron chi connectivity index (χ0n) is 12.5. The number of rotatable bonds is 4. The third kappa shape index (κ3) is 6.39. The second-order valence-electron chi connectivity index (χ2n) is 5.92. The topological polar surface area (TPSA) is 64.3 Å². The van der Waals surface area contributed by atoms with Gasteiger partial charge in [0, 0.05) is 17.1 Å². The van der Waals surface area contributed by atoms with Crippen LogP contribution in [0.3, 0.4) is 0 Å². The Morgan fingerprint density at radius 2 is 2.05 bits per heavy atom. The maximum atomic E-state index is 11.8. The van der Waals surface area contributed by atoms with Crippen LogP contribution in [0.2, 0.25) is 0 Å². The number of nitrogens with one attached hydrogen (secondary N) is 1. The summed E-state index contributed by atoms with van der Waals surface area (Å²) in [6, 6.07) is 6.03. The molecule has 0 heterocycles. The molecular formula is C15H23BrN2O2. The molecule has 20 heavy (non-hydrogen) atoms. The number of hydrogen-bond donors (Lipinski definition) is 2. The average molecular weight is 343 g/mol. The lowest BCUT2D eigenvalue weighted by atomic mass is 10.0. The van der Waals surface area contributed by atoms with Crippen molar-refractivity contribution in [3.05, 3.63) is 33.8 Å². The SMILES string of the molecule is Cc1cc(Br)cc(CC(CN)NC(=O)OC(C)(C)C)c1. The molecule has 0 fully saturated rings. The standard InChI is InChI=1S/C15H23BrN2O2/c1-10-5-11(7-12(16)6-10)8-13(9-17)18-14(19)20-15(2,3)4/h5-7,13H,8-9,17H2,1-4H3,(H,18,19). The van der Waals surface area contributed by atoms with Gasteiger partial charge in [-0.25, -0.2) is 4.79 Å².